The van der Waals surface area contributed by atoms with Gasteiger partial charge in [-0.1, -0.05) is 17.8 Å². The van der Waals surface area contributed by atoms with Crippen LogP contribution < -0.4 is 11.1 Å². The molecule has 8 nitrogen and oxygen atoms in total. The van der Waals surface area contributed by atoms with Crippen LogP contribution in [0.2, 0.25) is 0 Å². The number of nitrogens with two attached hydrogens (primary N) is 1. The van der Waals surface area contributed by atoms with Gasteiger partial charge in [0.25, 0.3) is 5.69 Å². The van der Waals surface area contributed by atoms with Crippen LogP contribution in [0.1, 0.15) is 16.0 Å². The Morgan fingerprint density at radius 2 is 2.07 bits per heavy atom. The van der Waals surface area contributed by atoms with Gasteiger partial charge in [0.2, 0.25) is 5.91 Å². The van der Waals surface area contributed by atoms with Gasteiger partial charge in [0.15, 0.2) is 5.16 Å². The summed E-state index contributed by atoms with van der Waals surface area (Å²) in [5, 5.41) is 15.0. The number of nitrogen functional groups attached to an aromatic ring is 1. The minimum atomic E-state index is -0.519. The number of hydrogen-bond donors (Lipinski definition) is 2. The molecule has 0 aliphatic carbocycles. The lowest BCUT2D eigenvalue weighted by molar-refractivity contribution is -0.384. The average molecular weight is 403 g/mol. The summed E-state index contributed by atoms with van der Waals surface area (Å²) in [6.07, 6.45) is 0. The first-order chi connectivity index (χ1) is 12.8. The van der Waals surface area contributed by atoms with E-state index in [-0.39, 0.29) is 23.0 Å². The molecule has 0 aliphatic heterocycles. The number of nitro groups is 1. The van der Waals surface area contributed by atoms with Gasteiger partial charge in [0, 0.05) is 10.9 Å². The van der Waals surface area contributed by atoms with Crippen molar-refractivity contribution in [1.29, 1.82) is 0 Å². The van der Waals surface area contributed by atoms with Gasteiger partial charge in [-0.05, 0) is 38.0 Å². The smallest absolute Gasteiger partial charge is 0.293 e. The first kappa shape index (κ1) is 19.1. The Kier molecular flexibility index (Phi) is 5.29. The van der Waals surface area contributed by atoms with Crippen LogP contribution in [0, 0.1) is 30.9 Å². The van der Waals surface area contributed by atoms with Crippen molar-refractivity contribution in [3.63, 3.8) is 0 Å². The number of nitrogens with zero attached hydrogens (tertiary/aromatic N) is 3. The summed E-state index contributed by atoms with van der Waals surface area (Å²) in [6, 6.07) is 4.64. The van der Waals surface area contributed by atoms with Crippen LogP contribution in [0.3, 0.4) is 0 Å². The molecule has 0 saturated carbocycles. The van der Waals surface area contributed by atoms with Crippen molar-refractivity contribution >= 4 is 56.4 Å². The number of thiophene rings is 1. The highest BCUT2D eigenvalue weighted by Crippen LogP contribution is 2.33. The number of amides is 1. The molecule has 1 amide bonds. The number of thioether (sulfide) groups is 1. The van der Waals surface area contributed by atoms with Crippen molar-refractivity contribution in [1.82, 2.24) is 9.97 Å². The molecule has 0 aliphatic rings. The summed E-state index contributed by atoms with van der Waals surface area (Å²) in [5.41, 5.74) is 7.87. The van der Waals surface area contributed by atoms with E-state index in [1.54, 1.807) is 13.0 Å². The molecule has 1 aromatic carbocycles. The van der Waals surface area contributed by atoms with Crippen LogP contribution in [0.5, 0.6) is 0 Å². The SMILES string of the molecule is Cc1ccc(NC(=O)CSc2nc(N)c3c(C)c(C)sc3n2)c([N+](=O)[O-])c1. The second-order valence-corrected chi connectivity index (χ2v) is 8.12. The number of nitro benzene ring substituents is 1. The molecule has 0 unspecified atom stereocenters. The molecule has 10 heteroatoms. The Labute approximate surface area is 163 Å². The lowest BCUT2D eigenvalue weighted by Crippen LogP contribution is -2.15. The van der Waals surface area contributed by atoms with Gasteiger partial charge in [-0.3, -0.25) is 14.9 Å². The number of carbonyl (C=O) groups excluding carboxylic acids is 1. The number of benzene rings is 1. The quantitative estimate of drug-likeness (QED) is 0.287. The zero-order valence-corrected chi connectivity index (χ0v) is 16.5. The van der Waals surface area contributed by atoms with Crippen molar-refractivity contribution in [3.8, 4) is 0 Å². The normalized spacial score (nSPS) is 10.9. The average Bonchev–Trinajstić information content (AvgIpc) is 2.89. The fraction of sp³-hybridized carbons (Fsp3) is 0.235. The number of aromatic nitrogens is 2. The maximum absolute atomic E-state index is 12.2. The number of nitrogens with one attached hydrogen (secondary N) is 1. The van der Waals surface area contributed by atoms with Crippen molar-refractivity contribution in [2.75, 3.05) is 16.8 Å². The molecule has 0 spiro atoms. The molecule has 2 aromatic heterocycles. The highest BCUT2D eigenvalue weighted by molar-refractivity contribution is 7.99. The fourth-order valence-corrected chi connectivity index (χ4v) is 4.29. The molecule has 3 N–H and O–H groups in total. The van der Waals surface area contributed by atoms with Crippen LogP contribution in [-0.2, 0) is 4.79 Å². The van der Waals surface area contributed by atoms with Gasteiger partial charge in [-0.2, -0.15) is 0 Å². The maximum atomic E-state index is 12.2. The van der Waals surface area contributed by atoms with Crippen LogP contribution >= 0.6 is 23.1 Å². The minimum Gasteiger partial charge on any atom is -0.383 e. The molecule has 3 rings (SSSR count). The van der Waals surface area contributed by atoms with E-state index in [4.69, 9.17) is 5.73 Å². The van der Waals surface area contributed by atoms with E-state index in [2.05, 4.69) is 15.3 Å². The number of fused-ring (bicyclic) bond motifs is 1. The topological polar surface area (TPSA) is 124 Å². The van der Waals surface area contributed by atoms with Gasteiger partial charge in [0.05, 0.1) is 16.1 Å². The second kappa shape index (κ2) is 7.49. The van der Waals surface area contributed by atoms with Gasteiger partial charge in [-0.25, -0.2) is 9.97 Å². The molecule has 3 aromatic rings. The predicted molar refractivity (Wildman–Crippen MR) is 108 cm³/mol. The number of carbonyl (C=O) groups is 1. The van der Waals surface area contributed by atoms with E-state index in [0.717, 1.165) is 38.0 Å². The first-order valence-corrected chi connectivity index (χ1v) is 9.77. The van der Waals surface area contributed by atoms with Crippen molar-refractivity contribution < 1.29 is 9.72 Å². The lowest BCUT2D eigenvalue weighted by Gasteiger charge is -2.07. The fourth-order valence-electron chi connectivity index (χ4n) is 2.54. The highest BCUT2D eigenvalue weighted by atomic mass is 32.2. The molecule has 0 saturated heterocycles. The summed E-state index contributed by atoms with van der Waals surface area (Å²) >= 11 is 2.66. The van der Waals surface area contributed by atoms with Crippen molar-refractivity contribution in [2.24, 2.45) is 0 Å². The zero-order valence-electron chi connectivity index (χ0n) is 14.9. The van der Waals surface area contributed by atoms with Crippen LogP contribution in [-0.4, -0.2) is 26.6 Å². The number of anilines is 2. The molecule has 140 valence electrons. The Bertz CT molecular complexity index is 1060. The standard InChI is InChI=1S/C17H17N5O3S2/c1-8-4-5-11(12(6-8)22(24)25)19-13(23)7-26-17-20-15(18)14-9(2)10(3)27-16(14)21-17/h4-6H,7H2,1-3H3,(H,19,23)(H2,18,20,21). The van der Waals surface area contributed by atoms with Crippen LogP contribution in [0.4, 0.5) is 17.2 Å². The third-order valence-electron chi connectivity index (χ3n) is 3.99. The Morgan fingerprint density at radius 3 is 2.78 bits per heavy atom. The van der Waals surface area contributed by atoms with E-state index in [9.17, 15) is 14.9 Å². The van der Waals surface area contributed by atoms with Crippen molar-refractivity contribution in [2.45, 2.75) is 25.9 Å². The Hall–Kier alpha value is -2.72. The van der Waals surface area contributed by atoms with E-state index in [1.165, 1.54) is 23.5 Å². The molecule has 0 radical (unpaired) electrons. The summed E-state index contributed by atoms with van der Waals surface area (Å²) in [4.78, 5) is 33.5. The van der Waals surface area contributed by atoms with Crippen LogP contribution in [0.25, 0.3) is 10.2 Å². The molecule has 0 fully saturated rings. The molecule has 2 heterocycles. The van der Waals surface area contributed by atoms with Crippen LogP contribution in [0.15, 0.2) is 23.4 Å². The monoisotopic (exact) mass is 403 g/mol. The summed E-state index contributed by atoms with van der Waals surface area (Å²) in [5.74, 6) is 0.0194. The third kappa shape index (κ3) is 4.01. The van der Waals surface area contributed by atoms with E-state index < -0.39 is 4.92 Å². The summed E-state index contributed by atoms with van der Waals surface area (Å²) in [6.45, 7) is 5.72. The summed E-state index contributed by atoms with van der Waals surface area (Å²) < 4.78 is 0. The van der Waals surface area contributed by atoms with E-state index in [0.29, 0.717) is 11.0 Å². The maximum Gasteiger partial charge on any atom is 0.293 e. The van der Waals surface area contributed by atoms with Gasteiger partial charge in [0.1, 0.15) is 16.3 Å². The minimum absolute atomic E-state index is 0.0132. The number of hydrogen-bond acceptors (Lipinski definition) is 8. The molecule has 27 heavy (non-hydrogen) atoms. The second-order valence-electron chi connectivity index (χ2n) is 5.97. The predicted octanol–water partition coefficient (Wildman–Crippen LogP) is 3.84. The van der Waals surface area contributed by atoms with E-state index in [1.807, 2.05) is 13.8 Å². The number of rotatable bonds is 5. The largest absolute Gasteiger partial charge is 0.383 e. The number of aryl methyl sites for hydroxylation is 3. The Morgan fingerprint density at radius 1 is 1.33 bits per heavy atom. The highest BCUT2D eigenvalue weighted by Gasteiger charge is 2.17. The molecule has 0 atom stereocenters. The van der Waals surface area contributed by atoms with Gasteiger partial charge >= 0.3 is 0 Å². The summed E-state index contributed by atoms with van der Waals surface area (Å²) in [7, 11) is 0. The van der Waals surface area contributed by atoms with E-state index >= 15 is 0 Å². The lowest BCUT2D eigenvalue weighted by atomic mass is 10.2. The third-order valence-corrected chi connectivity index (χ3v) is 5.94. The van der Waals surface area contributed by atoms with Gasteiger partial charge < -0.3 is 11.1 Å². The Balaban J connectivity index is 1.73. The molecular formula is C17H17N5O3S2. The molecule has 0 bridgehead atoms. The first-order valence-electron chi connectivity index (χ1n) is 7.97. The molecular weight excluding hydrogens is 386 g/mol. The zero-order chi connectivity index (χ0) is 19.7. The van der Waals surface area contributed by atoms with Crippen molar-refractivity contribution in [3.05, 3.63) is 44.3 Å². The van der Waals surface area contributed by atoms with Gasteiger partial charge in [-0.15, -0.1) is 11.3 Å².